The predicted octanol–water partition coefficient (Wildman–Crippen LogP) is 3.31. The maximum Gasteiger partial charge on any atom is 0.191 e. The summed E-state index contributed by atoms with van der Waals surface area (Å²) < 4.78 is 11.3. The number of thiazole rings is 1. The van der Waals surface area contributed by atoms with Crippen molar-refractivity contribution in [3.63, 3.8) is 0 Å². The van der Waals surface area contributed by atoms with E-state index in [1.165, 1.54) is 10.4 Å². The van der Waals surface area contributed by atoms with Crippen LogP contribution in [0.1, 0.15) is 35.2 Å². The fourth-order valence-corrected chi connectivity index (χ4v) is 4.47. The zero-order valence-electron chi connectivity index (χ0n) is 17.7. The molecule has 1 aromatic carbocycles. The van der Waals surface area contributed by atoms with E-state index in [-0.39, 0.29) is 5.41 Å². The molecule has 7 heteroatoms. The molecule has 2 heterocycles. The average molecular weight is 417 g/mol. The Morgan fingerprint density at radius 2 is 2.00 bits per heavy atom. The van der Waals surface area contributed by atoms with Gasteiger partial charge in [0.25, 0.3) is 0 Å². The average Bonchev–Trinajstić information content (AvgIpc) is 3.17. The van der Waals surface area contributed by atoms with Crippen molar-refractivity contribution in [1.82, 2.24) is 15.6 Å². The third-order valence-corrected chi connectivity index (χ3v) is 6.32. The van der Waals surface area contributed by atoms with Crippen molar-refractivity contribution in [2.45, 2.75) is 38.5 Å². The number of rotatable bonds is 8. The van der Waals surface area contributed by atoms with Crippen molar-refractivity contribution in [1.29, 1.82) is 0 Å². The summed E-state index contributed by atoms with van der Waals surface area (Å²) in [5, 5.41) is 8.11. The maximum atomic E-state index is 5.65. The Hall–Kier alpha value is -2.12. The molecule has 158 valence electrons. The van der Waals surface area contributed by atoms with Crippen LogP contribution >= 0.6 is 11.3 Å². The number of guanidine groups is 1. The van der Waals surface area contributed by atoms with Gasteiger partial charge in [0.1, 0.15) is 5.75 Å². The Bertz CT molecular complexity index is 782. The summed E-state index contributed by atoms with van der Waals surface area (Å²) in [7, 11) is 1.82. The van der Waals surface area contributed by atoms with Crippen LogP contribution in [0.5, 0.6) is 5.75 Å². The molecule has 1 aliphatic rings. The van der Waals surface area contributed by atoms with Gasteiger partial charge in [0.05, 0.1) is 11.6 Å². The molecule has 1 aliphatic heterocycles. The van der Waals surface area contributed by atoms with Crippen molar-refractivity contribution in [2.24, 2.45) is 4.99 Å². The standard InChI is InChI=1S/C22H32N4O2S/c1-4-28-19-7-5-18(6-8-19)22(10-13-27-14-11-22)16-26-21(23-3)24-12-9-20-25-15-17(2)29-20/h5-8,15H,4,9-14,16H2,1-3H3,(H2,23,24,26). The Balaban J connectivity index is 1.60. The molecule has 0 saturated carbocycles. The molecule has 0 spiro atoms. The van der Waals surface area contributed by atoms with E-state index in [4.69, 9.17) is 9.47 Å². The third kappa shape index (κ3) is 5.93. The molecule has 1 aromatic heterocycles. The molecule has 0 atom stereocenters. The largest absolute Gasteiger partial charge is 0.494 e. The van der Waals surface area contributed by atoms with E-state index in [0.29, 0.717) is 6.61 Å². The van der Waals surface area contributed by atoms with E-state index >= 15 is 0 Å². The van der Waals surface area contributed by atoms with Crippen molar-refractivity contribution in [2.75, 3.05) is 40.0 Å². The van der Waals surface area contributed by atoms with Gasteiger partial charge >= 0.3 is 0 Å². The van der Waals surface area contributed by atoms with Crippen LogP contribution in [-0.4, -0.2) is 50.9 Å². The number of hydrogen-bond acceptors (Lipinski definition) is 5. The quantitative estimate of drug-likeness (QED) is 0.510. The molecular formula is C22H32N4O2S. The SMILES string of the molecule is CCOc1ccc(C2(CNC(=NC)NCCc3ncc(C)s3)CCOCC2)cc1. The van der Waals surface area contributed by atoms with E-state index in [1.807, 2.05) is 20.2 Å². The summed E-state index contributed by atoms with van der Waals surface area (Å²) in [6.45, 7) is 7.97. The van der Waals surface area contributed by atoms with Gasteiger partial charge in [-0.25, -0.2) is 4.98 Å². The van der Waals surface area contributed by atoms with Gasteiger partial charge < -0.3 is 20.1 Å². The number of aliphatic imine (C=N–C) groups is 1. The van der Waals surface area contributed by atoms with Crippen molar-refractivity contribution in [3.05, 3.63) is 45.9 Å². The normalized spacial score (nSPS) is 16.4. The van der Waals surface area contributed by atoms with Crippen LogP contribution in [0.15, 0.2) is 35.5 Å². The minimum absolute atomic E-state index is 0.0348. The number of nitrogens with zero attached hydrogens (tertiary/aromatic N) is 2. The monoisotopic (exact) mass is 416 g/mol. The summed E-state index contributed by atoms with van der Waals surface area (Å²) in [5.74, 6) is 1.75. The van der Waals surface area contributed by atoms with Gasteiger partial charge in [0.2, 0.25) is 0 Å². The van der Waals surface area contributed by atoms with E-state index in [9.17, 15) is 0 Å². The molecule has 29 heavy (non-hydrogen) atoms. The molecule has 1 fully saturated rings. The van der Waals surface area contributed by atoms with Crippen LogP contribution in [0.2, 0.25) is 0 Å². The van der Waals surface area contributed by atoms with E-state index < -0.39 is 0 Å². The first-order chi connectivity index (χ1) is 14.1. The number of ether oxygens (including phenoxy) is 2. The second-order valence-corrected chi connectivity index (χ2v) is 8.64. The fraction of sp³-hybridized carbons (Fsp3) is 0.545. The van der Waals surface area contributed by atoms with Gasteiger partial charge in [-0.15, -0.1) is 11.3 Å². The highest BCUT2D eigenvalue weighted by Gasteiger charge is 2.34. The van der Waals surface area contributed by atoms with E-state index in [0.717, 1.165) is 62.3 Å². The van der Waals surface area contributed by atoms with Crippen LogP contribution in [0.4, 0.5) is 0 Å². The minimum Gasteiger partial charge on any atom is -0.494 e. The first kappa shape index (κ1) is 21.6. The van der Waals surface area contributed by atoms with E-state index in [1.54, 1.807) is 11.3 Å². The zero-order valence-corrected chi connectivity index (χ0v) is 18.5. The number of aryl methyl sites for hydroxylation is 1. The number of aromatic nitrogens is 1. The third-order valence-electron chi connectivity index (χ3n) is 5.35. The van der Waals surface area contributed by atoms with Crippen LogP contribution in [0.3, 0.4) is 0 Å². The van der Waals surface area contributed by atoms with E-state index in [2.05, 4.69) is 51.8 Å². The second-order valence-electron chi connectivity index (χ2n) is 7.32. The molecule has 1 saturated heterocycles. The Labute approximate surface area is 177 Å². The first-order valence-corrected chi connectivity index (χ1v) is 11.1. The lowest BCUT2D eigenvalue weighted by Crippen LogP contribution is -2.48. The summed E-state index contributed by atoms with van der Waals surface area (Å²) in [5.41, 5.74) is 1.36. The van der Waals surface area contributed by atoms with Crippen LogP contribution in [-0.2, 0) is 16.6 Å². The van der Waals surface area contributed by atoms with Gasteiger partial charge in [-0.1, -0.05) is 12.1 Å². The molecule has 0 bridgehead atoms. The molecular weight excluding hydrogens is 384 g/mol. The fourth-order valence-electron chi connectivity index (χ4n) is 3.68. The highest BCUT2D eigenvalue weighted by molar-refractivity contribution is 7.11. The highest BCUT2D eigenvalue weighted by atomic mass is 32.1. The Morgan fingerprint density at radius 3 is 2.62 bits per heavy atom. The number of benzene rings is 1. The van der Waals surface area contributed by atoms with Crippen molar-refractivity contribution < 1.29 is 9.47 Å². The summed E-state index contributed by atoms with van der Waals surface area (Å²) in [6, 6.07) is 8.52. The number of hydrogen-bond donors (Lipinski definition) is 2. The van der Waals surface area contributed by atoms with Crippen LogP contribution in [0, 0.1) is 6.92 Å². The second kappa shape index (κ2) is 10.6. The lowest BCUT2D eigenvalue weighted by atomic mass is 9.74. The van der Waals surface area contributed by atoms with Crippen LogP contribution in [0.25, 0.3) is 0 Å². The lowest BCUT2D eigenvalue weighted by Gasteiger charge is -2.38. The van der Waals surface area contributed by atoms with Gasteiger partial charge in [-0.2, -0.15) is 0 Å². The molecule has 2 N–H and O–H groups in total. The molecule has 0 unspecified atom stereocenters. The summed E-state index contributed by atoms with van der Waals surface area (Å²) in [4.78, 5) is 10.1. The molecule has 2 aromatic rings. The predicted molar refractivity (Wildman–Crippen MR) is 119 cm³/mol. The number of nitrogens with one attached hydrogen (secondary N) is 2. The van der Waals surface area contributed by atoms with Crippen molar-refractivity contribution in [3.8, 4) is 5.75 Å². The van der Waals surface area contributed by atoms with Crippen LogP contribution < -0.4 is 15.4 Å². The van der Waals surface area contributed by atoms with Gasteiger partial charge in [-0.3, -0.25) is 4.99 Å². The Morgan fingerprint density at radius 1 is 1.24 bits per heavy atom. The smallest absolute Gasteiger partial charge is 0.191 e. The topological polar surface area (TPSA) is 67.8 Å². The Kier molecular flexibility index (Phi) is 7.89. The molecule has 0 aliphatic carbocycles. The van der Waals surface area contributed by atoms with Gasteiger partial charge in [-0.05, 0) is 44.4 Å². The highest BCUT2D eigenvalue weighted by Crippen LogP contribution is 2.35. The summed E-state index contributed by atoms with van der Waals surface area (Å²) in [6.07, 6.45) is 4.81. The zero-order chi connectivity index (χ0) is 20.5. The lowest BCUT2D eigenvalue weighted by molar-refractivity contribution is 0.0513. The molecule has 0 amide bonds. The first-order valence-electron chi connectivity index (χ1n) is 10.3. The van der Waals surface area contributed by atoms with Crippen molar-refractivity contribution >= 4 is 17.3 Å². The minimum atomic E-state index is 0.0348. The van der Waals surface area contributed by atoms with Gasteiger partial charge in [0, 0.05) is 56.3 Å². The maximum absolute atomic E-state index is 5.65. The van der Waals surface area contributed by atoms with Gasteiger partial charge in [0.15, 0.2) is 5.96 Å². The summed E-state index contributed by atoms with van der Waals surface area (Å²) >= 11 is 1.75. The molecule has 3 rings (SSSR count). The molecule has 6 nitrogen and oxygen atoms in total. The molecule has 0 radical (unpaired) electrons.